The van der Waals surface area contributed by atoms with Crippen LogP contribution in [-0.4, -0.2) is 25.2 Å². The van der Waals surface area contributed by atoms with Gasteiger partial charge >= 0.3 is 0 Å². The Labute approximate surface area is 94.5 Å². The second kappa shape index (κ2) is 4.00. The fraction of sp³-hybridized carbons (Fsp3) is 0.455. The SMILES string of the molecule is CC(C)(C)c1nnnn1Cc1ccccn1. The van der Waals surface area contributed by atoms with E-state index in [-0.39, 0.29) is 5.41 Å². The van der Waals surface area contributed by atoms with Crippen LogP contribution in [0.4, 0.5) is 0 Å². The third-order valence-electron chi connectivity index (χ3n) is 2.24. The molecule has 2 aromatic rings. The van der Waals surface area contributed by atoms with Gasteiger partial charge in [-0.3, -0.25) is 4.98 Å². The highest BCUT2D eigenvalue weighted by Crippen LogP contribution is 2.18. The molecule has 0 aliphatic rings. The third-order valence-corrected chi connectivity index (χ3v) is 2.24. The maximum absolute atomic E-state index is 4.26. The first-order valence-corrected chi connectivity index (χ1v) is 5.24. The van der Waals surface area contributed by atoms with Gasteiger partial charge in [-0.2, -0.15) is 0 Å². The molecule has 84 valence electrons. The van der Waals surface area contributed by atoms with Crippen molar-refractivity contribution in [3.63, 3.8) is 0 Å². The molecule has 16 heavy (non-hydrogen) atoms. The molecule has 0 unspecified atom stereocenters. The maximum atomic E-state index is 4.26. The van der Waals surface area contributed by atoms with Gasteiger partial charge in [0.05, 0.1) is 12.2 Å². The van der Waals surface area contributed by atoms with Gasteiger partial charge in [-0.25, -0.2) is 4.68 Å². The summed E-state index contributed by atoms with van der Waals surface area (Å²) in [6.45, 7) is 6.88. The molecule has 2 heterocycles. The Morgan fingerprint density at radius 2 is 2.06 bits per heavy atom. The van der Waals surface area contributed by atoms with E-state index in [0.29, 0.717) is 6.54 Å². The van der Waals surface area contributed by atoms with E-state index in [1.54, 1.807) is 10.9 Å². The lowest BCUT2D eigenvalue weighted by molar-refractivity contribution is 0.488. The molecule has 0 saturated heterocycles. The molecule has 2 rings (SSSR count). The first kappa shape index (κ1) is 10.7. The summed E-state index contributed by atoms with van der Waals surface area (Å²) in [7, 11) is 0. The van der Waals surface area contributed by atoms with Crippen molar-refractivity contribution in [1.29, 1.82) is 0 Å². The summed E-state index contributed by atoms with van der Waals surface area (Å²) < 4.78 is 1.79. The normalized spacial score (nSPS) is 11.7. The third kappa shape index (κ3) is 2.24. The minimum absolute atomic E-state index is 0.0573. The zero-order chi connectivity index (χ0) is 11.6. The van der Waals surface area contributed by atoms with Crippen LogP contribution in [0, 0.1) is 0 Å². The average Bonchev–Trinajstić information content (AvgIpc) is 2.67. The minimum atomic E-state index is -0.0573. The summed E-state index contributed by atoms with van der Waals surface area (Å²) in [5, 5.41) is 11.8. The number of rotatable bonds is 2. The first-order valence-electron chi connectivity index (χ1n) is 5.24. The average molecular weight is 217 g/mol. The molecule has 0 amide bonds. The predicted molar refractivity (Wildman–Crippen MR) is 59.9 cm³/mol. The summed E-state index contributed by atoms with van der Waals surface area (Å²) in [5.41, 5.74) is 0.901. The van der Waals surface area contributed by atoms with Crippen LogP contribution in [-0.2, 0) is 12.0 Å². The van der Waals surface area contributed by atoms with Crippen LogP contribution in [0.5, 0.6) is 0 Å². The van der Waals surface area contributed by atoms with Crippen molar-refractivity contribution in [2.75, 3.05) is 0 Å². The summed E-state index contributed by atoms with van der Waals surface area (Å²) in [6, 6.07) is 5.82. The van der Waals surface area contributed by atoms with Gasteiger partial charge < -0.3 is 0 Å². The lowest BCUT2D eigenvalue weighted by Crippen LogP contribution is -2.20. The van der Waals surface area contributed by atoms with E-state index >= 15 is 0 Å². The van der Waals surface area contributed by atoms with E-state index in [0.717, 1.165) is 11.5 Å². The molecule has 0 atom stereocenters. The van der Waals surface area contributed by atoms with Gasteiger partial charge in [-0.15, -0.1) is 5.10 Å². The van der Waals surface area contributed by atoms with Gasteiger partial charge in [-0.1, -0.05) is 26.8 Å². The van der Waals surface area contributed by atoms with Crippen LogP contribution in [0.15, 0.2) is 24.4 Å². The molecule has 0 aromatic carbocycles. The van der Waals surface area contributed by atoms with E-state index in [1.807, 2.05) is 18.2 Å². The van der Waals surface area contributed by atoms with Crippen LogP contribution in [0.1, 0.15) is 32.3 Å². The summed E-state index contributed by atoms with van der Waals surface area (Å²) in [6.07, 6.45) is 1.77. The van der Waals surface area contributed by atoms with Gasteiger partial charge in [0.25, 0.3) is 0 Å². The minimum Gasteiger partial charge on any atom is -0.259 e. The van der Waals surface area contributed by atoms with Gasteiger partial charge in [-0.05, 0) is 22.6 Å². The lowest BCUT2D eigenvalue weighted by atomic mass is 9.96. The van der Waals surface area contributed by atoms with Crippen molar-refractivity contribution in [2.45, 2.75) is 32.7 Å². The Morgan fingerprint density at radius 3 is 2.69 bits per heavy atom. The molecule has 0 aliphatic heterocycles. The van der Waals surface area contributed by atoms with Gasteiger partial charge in [0.1, 0.15) is 0 Å². The van der Waals surface area contributed by atoms with Crippen LogP contribution < -0.4 is 0 Å². The zero-order valence-corrected chi connectivity index (χ0v) is 9.75. The van der Waals surface area contributed by atoms with Crippen molar-refractivity contribution in [1.82, 2.24) is 25.2 Å². The van der Waals surface area contributed by atoms with Crippen LogP contribution in [0.3, 0.4) is 0 Å². The zero-order valence-electron chi connectivity index (χ0n) is 9.75. The van der Waals surface area contributed by atoms with Gasteiger partial charge in [0.2, 0.25) is 0 Å². The van der Waals surface area contributed by atoms with Crippen LogP contribution in [0.25, 0.3) is 0 Å². The number of pyridine rings is 1. The molecule has 0 spiro atoms. The summed E-state index contributed by atoms with van der Waals surface area (Å²) >= 11 is 0. The quantitative estimate of drug-likeness (QED) is 0.763. The number of hydrogen-bond donors (Lipinski definition) is 0. The van der Waals surface area contributed by atoms with E-state index in [9.17, 15) is 0 Å². The van der Waals surface area contributed by atoms with Crippen molar-refractivity contribution >= 4 is 0 Å². The molecular formula is C11H15N5. The van der Waals surface area contributed by atoms with Crippen LogP contribution in [0.2, 0.25) is 0 Å². The predicted octanol–water partition coefficient (Wildman–Crippen LogP) is 1.41. The molecule has 0 saturated carbocycles. The molecule has 0 fully saturated rings. The second-order valence-electron chi connectivity index (χ2n) is 4.73. The number of hydrogen-bond acceptors (Lipinski definition) is 4. The smallest absolute Gasteiger partial charge is 0.157 e. The van der Waals surface area contributed by atoms with Crippen molar-refractivity contribution in [3.05, 3.63) is 35.9 Å². The highest BCUT2D eigenvalue weighted by molar-refractivity contribution is 5.06. The largest absolute Gasteiger partial charge is 0.259 e. The molecule has 0 aliphatic carbocycles. The van der Waals surface area contributed by atoms with Gasteiger partial charge in [0.15, 0.2) is 5.82 Å². The van der Waals surface area contributed by atoms with Crippen molar-refractivity contribution in [3.8, 4) is 0 Å². The monoisotopic (exact) mass is 217 g/mol. The Morgan fingerprint density at radius 1 is 1.25 bits per heavy atom. The van der Waals surface area contributed by atoms with Gasteiger partial charge in [0, 0.05) is 11.6 Å². The Bertz CT molecular complexity index is 455. The number of aromatic nitrogens is 5. The summed E-state index contributed by atoms with van der Waals surface area (Å²) in [5.74, 6) is 0.873. The Balaban J connectivity index is 2.26. The second-order valence-corrected chi connectivity index (χ2v) is 4.73. The Kier molecular flexibility index (Phi) is 2.68. The number of nitrogens with zero attached hydrogens (tertiary/aromatic N) is 5. The fourth-order valence-electron chi connectivity index (χ4n) is 1.49. The summed E-state index contributed by atoms with van der Waals surface area (Å²) in [4.78, 5) is 4.26. The Hall–Kier alpha value is -1.78. The lowest BCUT2D eigenvalue weighted by Gasteiger charge is -2.16. The molecule has 0 N–H and O–H groups in total. The van der Waals surface area contributed by atoms with E-state index in [2.05, 4.69) is 41.3 Å². The van der Waals surface area contributed by atoms with E-state index in [4.69, 9.17) is 0 Å². The maximum Gasteiger partial charge on any atom is 0.157 e. The molecule has 0 radical (unpaired) electrons. The molecule has 5 heteroatoms. The standard InChI is InChI=1S/C11H15N5/c1-11(2,3)10-13-14-15-16(10)8-9-6-4-5-7-12-9/h4-7H,8H2,1-3H3. The van der Waals surface area contributed by atoms with Crippen molar-refractivity contribution in [2.24, 2.45) is 0 Å². The van der Waals surface area contributed by atoms with Crippen LogP contribution >= 0.6 is 0 Å². The molecule has 5 nitrogen and oxygen atoms in total. The fourth-order valence-corrected chi connectivity index (χ4v) is 1.49. The highest BCUT2D eigenvalue weighted by Gasteiger charge is 2.21. The molecule has 0 bridgehead atoms. The first-order chi connectivity index (χ1) is 7.57. The number of tetrazole rings is 1. The highest BCUT2D eigenvalue weighted by atomic mass is 15.5. The van der Waals surface area contributed by atoms with E-state index < -0.39 is 0 Å². The topological polar surface area (TPSA) is 56.5 Å². The molecule has 2 aromatic heterocycles. The molecular weight excluding hydrogens is 202 g/mol. The van der Waals surface area contributed by atoms with E-state index in [1.165, 1.54) is 0 Å². The van der Waals surface area contributed by atoms with Crippen molar-refractivity contribution < 1.29 is 0 Å².